The molecular formula is C40H74N2O2. The third-order valence-corrected chi connectivity index (χ3v) is 9.21. The van der Waals surface area contributed by atoms with Crippen LogP contribution in [0.2, 0.25) is 0 Å². The summed E-state index contributed by atoms with van der Waals surface area (Å²) in [7, 11) is 0. The Morgan fingerprint density at radius 2 is 0.727 bits per heavy atom. The highest BCUT2D eigenvalue weighted by atomic mass is 16.2. The molecule has 0 aromatic heterocycles. The predicted octanol–water partition coefficient (Wildman–Crippen LogP) is 12.1. The smallest absolute Gasteiger partial charge is 0.223 e. The van der Waals surface area contributed by atoms with E-state index in [9.17, 15) is 9.59 Å². The van der Waals surface area contributed by atoms with Crippen molar-refractivity contribution in [3.05, 3.63) is 24.3 Å². The van der Waals surface area contributed by atoms with E-state index in [1.807, 2.05) is 9.80 Å². The van der Waals surface area contributed by atoms with Gasteiger partial charge in [0.05, 0.1) is 6.67 Å². The first-order chi connectivity index (χ1) is 21.7. The van der Waals surface area contributed by atoms with E-state index in [2.05, 4.69) is 38.2 Å². The molecule has 1 rings (SSSR count). The van der Waals surface area contributed by atoms with Gasteiger partial charge in [0, 0.05) is 25.9 Å². The van der Waals surface area contributed by atoms with Crippen molar-refractivity contribution in [3.8, 4) is 0 Å². The second-order valence-corrected chi connectivity index (χ2v) is 13.5. The van der Waals surface area contributed by atoms with Gasteiger partial charge in [0.2, 0.25) is 11.8 Å². The van der Waals surface area contributed by atoms with E-state index in [0.717, 1.165) is 45.2 Å². The zero-order valence-corrected chi connectivity index (χ0v) is 29.6. The minimum atomic E-state index is 0.237. The molecule has 0 aromatic carbocycles. The maximum atomic E-state index is 12.8. The molecular weight excluding hydrogens is 540 g/mol. The monoisotopic (exact) mass is 615 g/mol. The number of hydrogen-bond acceptors (Lipinski definition) is 2. The first kappa shape index (κ1) is 40.4. The number of amides is 2. The van der Waals surface area contributed by atoms with Crippen molar-refractivity contribution < 1.29 is 9.59 Å². The number of carbonyl (C=O) groups excluding carboxylic acids is 2. The largest absolute Gasteiger partial charge is 0.325 e. The lowest BCUT2D eigenvalue weighted by molar-refractivity contribution is -0.142. The number of rotatable bonds is 30. The SMILES string of the molecule is CCCCCCCC/C=C\CCCCCCCC(=O)N1CCCN(C(=O)CCCCCCC/C=C\CCCCCCCC)C1. The van der Waals surface area contributed by atoms with Crippen LogP contribution in [0.3, 0.4) is 0 Å². The Labute approximate surface area is 274 Å². The average molecular weight is 615 g/mol. The number of unbranched alkanes of at least 4 members (excludes halogenated alkanes) is 22. The lowest BCUT2D eigenvalue weighted by Crippen LogP contribution is -2.49. The lowest BCUT2D eigenvalue weighted by Gasteiger charge is -2.35. The summed E-state index contributed by atoms with van der Waals surface area (Å²) in [5.41, 5.74) is 0. The molecule has 1 aliphatic heterocycles. The fourth-order valence-electron chi connectivity index (χ4n) is 6.22. The molecule has 0 saturated carbocycles. The Bertz CT molecular complexity index is 658. The van der Waals surface area contributed by atoms with E-state index in [4.69, 9.17) is 0 Å². The minimum Gasteiger partial charge on any atom is -0.325 e. The van der Waals surface area contributed by atoms with E-state index in [0.29, 0.717) is 19.5 Å². The first-order valence-electron chi connectivity index (χ1n) is 19.5. The van der Waals surface area contributed by atoms with Gasteiger partial charge in [-0.25, -0.2) is 0 Å². The van der Waals surface area contributed by atoms with Crippen LogP contribution in [0, 0.1) is 0 Å². The summed E-state index contributed by atoms with van der Waals surface area (Å²) < 4.78 is 0. The average Bonchev–Trinajstić information content (AvgIpc) is 3.04. The zero-order valence-electron chi connectivity index (χ0n) is 29.6. The molecule has 0 radical (unpaired) electrons. The minimum absolute atomic E-state index is 0.237. The van der Waals surface area contributed by atoms with Crippen molar-refractivity contribution in [1.29, 1.82) is 0 Å². The summed E-state index contributed by atoms with van der Waals surface area (Å²) in [5, 5.41) is 0. The molecule has 0 bridgehead atoms. The zero-order chi connectivity index (χ0) is 31.8. The standard InChI is InChI=1S/C40H74N2O2/c1-3-5-7-9-11-13-15-17-19-21-23-25-27-29-31-34-39(43)41-36-33-37-42(38-41)40(44)35-32-30-28-26-24-22-20-18-16-14-12-10-8-6-4-2/h17-20H,3-16,21-38H2,1-2H3/b19-17-,20-18-. The Morgan fingerprint density at radius 3 is 1.07 bits per heavy atom. The molecule has 1 aliphatic rings. The molecule has 0 aromatic rings. The Morgan fingerprint density at radius 1 is 0.432 bits per heavy atom. The van der Waals surface area contributed by atoms with Crippen molar-refractivity contribution in [2.24, 2.45) is 0 Å². The number of carbonyl (C=O) groups is 2. The predicted molar refractivity (Wildman–Crippen MR) is 192 cm³/mol. The van der Waals surface area contributed by atoms with Crippen LogP contribution in [-0.2, 0) is 9.59 Å². The Hall–Kier alpha value is -1.58. The lowest BCUT2D eigenvalue weighted by atomic mass is 10.1. The van der Waals surface area contributed by atoms with E-state index < -0.39 is 0 Å². The topological polar surface area (TPSA) is 40.6 Å². The second-order valence-electron chi connectivity index (χ2n) is 13.5. The van der Waals surface area contributed by atoms with Crippen molar-refractivity contribution in [3.63, 3.8) is 0 Å². The molecule has 1 fully saturated rings. The molecule has 1 heterocycles. The molecule has 0 unspecified atom stereocenters. The van der Waals surface area contributed by atoms with Crippen LogP contribution >= 0.6 is 0 Å². The molecule has 256 valence electrons. The summed E-state index contributed by atoms with van der Waals surface area (Å²) in [6.45, 7) is 6.67. The quantitative estimate of drug-likeness (QED) is 0.0596. The third kappa shape index (κ3) is 24.7. The van der Waals surface area contributed by atoms with Crippen molar-refractivity contribution >= 4 is 11.8 Å². The van der Waals surface area contributed by atoms with Crippen LogP contribution in [0.1, 0.15) is 200 Å². The molecule has 44 heavy (non-hydrogen) atoms. The molecule has 0 atom stereocenters. The van der Waals surface area contributed by atoms with Gasteiger partial charge in [0.1, 0.15) is 0 Å². The second kappa shape index (κ2) is 31.4. The summed E-state index contributed by atoms with van der Waals surface area (Å²) in [6.07, 6.45) is 44.8. The van der Waals surface area contributed by atoms with Gasteiger partial charge in [-0.05, 0) is 70.6 Å². The van der Waals surface area contributed by atoms with Gasteiger partial charge < -0.3 is 9.80 Å². The molecule has 0 N–H and O–H groups in total. The third-order valence-electron chi connectivity index (χ3n) is 9.21. The summed E-state index contributed by atoms with van der Waals surface area (Å²) in [5.74, 6) is 0.474. The van der Waals surface area contributed by atoms with Crippen LogP contribution in [0.15, 0.2) is 24.3 Å². The van der Waals surface area contributed by atoms with Gasteiger partial charge in [0.25, 0.3) is 0 Å². The maximum Gasteiger partial charge on any atom is 0.223 e. The van der Waals surface area contributed by atoms with Crippen LogP contribution < -0.4 is 0 Å². The number of hydrogen-bond donors (Lipinski definition) is 0. The van der Waals surface area contributed by atoms with Gasteiger partial charge in [-0.2, -0.15) is 0 Å². The van der Waals surface area contributed by atoms with Crippen LogP contribution in [0.25, 0.3) is 0 Å². The number of allylic oxidation sites excluding steroid dienone is 4. The molecule has 4 nitrogen and oxygen atoms in total. The maximum absolute atomic E-state index is 12.8. The van der Waals surface area contributed by atoms with E-state index in [1.54, 1.807) is 0 Å². The fraction of sp³-hybridized carbons (Fsp3) is 0.850. The van der Waals surface area contributed by atoms with Crippen LogP contribution in [-0.4, -0.2) is 41.4 Å². The van der Waals surface area contributed by atoms with Crippen LogP contribution in [0.4, 0.5) is 0 Å². The van der Waals surface area contributed by atoms with E-state index in [-0.39, 0.29) is 11.8 Å². The molecule has 1 saturated heterocycles. The van der Waals surface area contributed by atoms with Crippen LogP contribution in [0.5, 0.6) is 0 Å². The molecule has 4 heteroatoms. The van der Waals surface area contributed by atoms with E-state index in [1.165, 1.54) is 141 Å². The van der Waals surface area contributed by atoms with Gasteiger partial charge in [-0.3, -0.25) is 9.59 Å². The van der Waals surface area contributed by atoms with Crippen molar-refractivity contribution in [2.45, 2.75) is 200 Å². The Kier molecular flexibility index (Phi) is 28.9. The fourth-order valence-corrected chi connectivity index (χ4v) is 6.22. The summed E-state index contributed by atoms with van der Waals surface area (Å²) >= 11 is 0. The summed E-state index contributed by atoms with van der Waals surface area (Å²) in [6, 6.07) is 0. The van der Waals surface area contributed by atoms with Gasteiger partial charge in [-0.1, -0.05) is 141 Å². The van der Waals surface area contributed by atoms with Gasteiger partial charge in [0.15, 0.2) is 0 Å². The Balaban J connectivity index is 1.97. The highest BCUT2D eigenvalue weighted by molar-refractivity contribution is 5.79. The number of nitrogens with zero attached hydrogens (tertiary/aromatic N) is 2. The summed E-state index contributed by atoms with van der Waals surface area (Å²) in [4.78, 5) is 29.4. The van der Waals surface area contributed by atoms with Gasteiger partial charge in [-0.15, -0.1) is 0 Å². The highest BCUT2D eigenvalue weighted by Crippen LogP contribution is 2.15. The van der Waals surface area contributed by atoms with Crippen molar-refractivity contribution in [2.75, 3.05) is 19.8 Å². The van der Waals surface area contributed by atoms with Gasteiger partial charge >= 0.3 is 0 Å². The highest BCUT2D eigenvalue weighted by Gasteiger charge is 2.24. The molecule has 0 spiro atoms. The first-order valence-corrected chi connectivity index (χ1v) is 19.5. The van der Waals surface area contributed by atoms with Crippen molar-refractivity contribution in [1.82, 2.24) is 9.80 Å². The normalized spacial score (nSPS) is 14.0. The molecule has 2 amide bonds. The molecule has 0 aliphatic carbocycles. The van der Waals surface area contributed by atoms with E-state index >= 15 is 0 Å².